The molecule has 0 aliphatic heterocycles. The van der Waals surface area contributed by atoms with E-state index in [2.05, 4.69) is 23.1 Å². The van der Waals surface area contributed by atoms with Gasteiger partial charge in [0.15, 0.2) is 14.9 Å². The van der Waals surface area contributed by atoms with Gasteiger partial charge in [0.1, 0.15) is 0 Å². The first-order valence-corrected chi connectivity index (χ1v) is 9.53. The van der Waals surface area contributed by atoms with Crippen molar-refractivity contribution in [3.05, 3.63) is 29.8 Å². The molecule has 1 rings (SSSR count). The standard InChI is InChI=1S/C15H23N3O3S2/c1-3-4-10-16-15(22)18-17-14(19)9-11-23(20,21)13-7-5-12(2)6-8-13/h5-8H,3-4,9-11H2,1-2H3,(H,17,19)(H2,16,18,22). The van der Waals surface area contributed by atoms with E-state index >= 15 is 0 Å². The fraction of sp³-hybridized carbons (Fsp3) is 0.467. The molecule has 0 spiro atoms. The first-order chi connectivity index (χ1) is 10.8. The molecule has 0 heterocycles. The highest BCUT2D eigenvalue weighted by Gasteiger charge is 2.16. The Labute approximate surface area is 142 Å². The zero-order valence-electron chi connectivity index (χ0n) is 13.4. The largest absolute Gasteiger partial charge is 0.361 e. The van der Waals surface area contributed by atoms with E-state index in [-0.39, 0.29) is 17.1 Å². The highest BCUT2D eigenvalue weighted by molar-refractivity contribution is 7.91. The van der Waals surface area contributed by atoms with Crippen LogP contribution in [0.5, 0.6) is 0 Å². The maximum Gasteiger partial charge on any atom is 0.239 e. The number of rotatable bonds is 7. The van der Waals surface area contributed by atoms with Gasteiger partial charge in [-0.15, -0.1) is 0 Å². The van der Waals surface area contributed by atoms with Gasteiger partial charge in [-0.05, 0) is 37.7 Å². The molecule has 0 atom stereocenters. The molecule has 0 bridgehead atoms. The Morgan fingerprint density at radius 3 is 2.43 bits per heavy atom. The molecular weight excluding hydrogens is 334 g/mol. The third-order valence-electron chi connectivity index (χ3n) is 3.11. The van der Waals surface area contributed by atoms with Crippen LogP contribution in [-0.2, 0) is 14.6 Å². The van der Waals surface area contributed by atoms with Gasteiger partial charge in [-0.2, -0.15) is 0 Å². The number of hydrazine groups is 1. The molecular formula is C15H23N3O3S2. The van der Waals surface area contributed by atoms with Crippen LogP contribution in [0.15, 0.2) is 29.2 Å². The number of aryl methyl sites for hydroxylation is 1. The van der Waals surface area contributed by atoms with E-state index in [0.717, 1.165) is 24.9 Å². The van der Waals surface area contributed by atoms with Gasteiger partial charge in [0, 0.05) is 13.0 Å². The minimum atomic E-state index is -3.47. The van der Waals surface area contributed by atoms with Crippen LogP contribution in [-0.4, -0.2) is 31.7 Å². The molecule has 1 aromatic carbocycles. The predicted octanol–water partition coefficient (Wildman–Crippen LogP) is 1.45. The van der Waals surface area contributed by atoms with Crippen molar-refractivity contribution in [2.45, 2.75) is 38.0 Å². The quantitative estimate of drug-likeness (QED) is 0.389. The van der Waals surface area contributed by atoms with Crippen LogP contribution in [0.2, 0.25) is 0 Å². The molecule has 0 fully saturated rings. The van der Waals surface area contributed by atoms with Crippen molar-refractivity contribution >= 4 is 33.1 Å². The minimum absolute atomic E-state index is 0.138. The molecule has 8 heteroatoms. The second-order valence-electron chi connectivity index (χ2n) is 5.16. The van der Waals surface area contributed by atoms with Crippen molar-refractivity contribution in [1.29, 1.82) is 0 Å². The zero-order valence-corrected chi connectivity index (χ0v) is 15.0. The molecule has 0 aliphatic rings. The summed E-state index contributed by atoms with van der Waals surface area (Å²) in [5.74, 6) is -0.681. The van der Waals surface area contributed by atoms with Crippen LogP contribution in [0.1, 0.15) is 31.7 Å². The highest BCUT2D eigenvalue weighted by atomic mass is 32.2. The Morgan fingerprint density at radius 2 is 1.83 bits per heavy atom. The van der Waals surface area contributed by atoms with E-state index in [1.807, 2.05) is 6.92 Å². The van der Waals surface area contributed by atoms with Crippen LogP contribution in [0.25, 0.3) is 0 Å². The zero-order chi connectivity index (χ0) is 17.3. The summed E-state index contributed by atoms with van der Waals surface area (Å²) < 4.78 is 24.2. The van der Waals surface area contributed by atoms with Gasteiger partial charge in [-0.3, -0.25) is 15.6 Å². The summed E-state index contributed by atoms with van der Waals surface area (Å²) in [7, 11) is -3.47. The lowest BCUT2D eigenvalue weighted by atomic mass is 10.2. The summed E-state index contributed by atoms with van der Waals surface area (Å²) in [6, 6.07) is 6.56. The fourth-order valence-electron chi connectivity index (χ4n) is 1.70. The molecule has 0 radical (unpaired) electrons. The summed E-state index contributed by atoms with van der Waals surface area (Å²) in [5.41, 5.74) is 5.92. The van der Waals surface area contributed by atoms with Gasteiger partial charge in [0.05, 0.1) is 10.6 Å². The summed E-state index contributed by atoms with van der Waals surface area (Å²) >= 11 is 4.98. The second-order valence-corrected chi connectivity index (χ2v) is 7.68. The summed E-state index contributed by atoms with van der Waals surface area (Å²) in [6.45, 7) is 4.67. The molecule has 0 aliphatic carbocycles. The van der Waals surface area contributed by atoms with Crippen molar-refractivity contribution in [3.8, 4) is 0 Å². The van der Waals surface area contributed by atoms with Gasteiger partial charge in [-0.1, -0.05) is 31.0 Å². The molecule has 1 aromatic rings. The van der Waals surface area contributed by atoms with Crippen molar-refractivity contribution in [1.82, 2.24) is 16.2 Å². The molecule has 128 valence electrons. The number of amides is 1. The van der Waals surface area contributed by atoms with Crippen molar-refractivity contribution < 1.29 is 13.2 Å². The highest BCUT2D eigenvalue weighted by Crippen LogP contribution is 2.12. The van der Waals surface area contributed by atoms with Gasteiger partial charge in [0.25, 0.3) is 0 Å². The Morgan fingerprint density at radius 1 is 1.17 bits per heavy atom. The van der Waals surface area contributed by atoms with Crippen LogP contribution in [0, 0.1) is 6.92 Å². The lowest BCUT2D eigenvalue weighted by Crippen LogP contribution is -2.47. The van der Waals surface area contributed by atoms with Crippen LogP contribution >= 0.6 is 12.2 Å². The number of unbranched alkanes of at least 4 members (excludes halogenated alkanes) is 1. The van der Waals surface area contributed by atoms with Crippen LogP contribution in [0.4, 0.5) is 0 Å². The number of hydrogen-bond donors (Lipinski definition) is 3. The van der Waals surface area contributed by atoms with E-state index < -0.39 is 15.7 Å². The molecule has 0 saturated carbocycles. The summed E-state index contributed by atoms with van der Waals surface area (Å²) in [6.07, 6.45) is 1.88. The number of carbonyl (C=O) groups excluding carboxylic acids is 1. The lowest BCUT2D eigenvalue weighted by molar-refractivity contribution is -0.121. The number of benzene rings is 1. The Bertz CT molecular complexity index is 628. The number of carbonyl (C=O) groups is 1. The van der Waals surface area contributed by atoms with Gasteiger partial charge in [-0.25, -0.2) is 8.42 Å². The average molecular weight is 358 g/mol. The molecule has 23 heavy (non-hydrogen) atoms. The first kappa shape index (κ1) is 19.4. The van der Waals surface area contributed by atoms with Gasteiger partial charge < -0.3 is 5.32 Å². The average Bonchev–Trinajstić information content (AvgIpc) is 2.52. The predicted molar refractivity (Wildman–Crippen MR) is 94.6 cm³/mol. The first-order valence-electron chi connectivity index (χ1n) is 7.47. The normalized spacial score (nSPS) is 10.9. The van der Waals surface area contributed by atoms with E-state index in [1.54, 1.807) is 24.3 Å². The monoisotopic (exact) mass is 357 g/mol. The van der Waals surface area contributed by atoms with E-state index in [4.69, 9.17) is 12.2 Å². The molecule has 0 aromatic heterocycles. The Kier molecular flexibility index (Phi) is 7.97. The van der Waals surface area contributed by atoms with E-state index in [1.165, 1.54) is 0 Å². The maximum absolute atomic E-state index is 12.1. The van der Waals surface area contributed by atoms with E-state index in [0.29, 0.717) is 5.11 Å². The van der Waals surface area contributed by atoms with Crippen molar-refractivity contribution in [2.75, 3.05) is 12.3 Å². The number of hydrogen-bond acceptors (Lipinski definition) is 4. The maximum atomic E-state index is 12.1. The molecule has 3 N–H and O–H groups in total. The topological polar surface area (TPSA) is 87.3 Å². The lowest BCUT2D eigenvalue weighted by Gasteiger charge is -2.11. The molecule has 0 unspecified atom stereocenters. The number of sulfone groups is 1. The van der Waals surface area contributed by atoms with Crippen LogP contribution < -0.4 is 16.2 Å². The van der Waals surface area contributed by atoms with Crippen molar-refractivity contribution in [2.24, 2.45) is 0 Å². The Hall–Kier alpha value is -1.67. The molecule has 1 amide bonds. The number of thiocarbonyl (C=S) groups is 1. The third-order valence-corrected chi connectivity index (χ3v) is 5.09. The third kappa shape index (κ3) is 7.43. The van der Waals surface area contributed by atoms with E-state index in [9.17, 15) is 13.2 Å². The Balaban J connectivity index is 2.37. The fourth-order valence-corrected chi connectivity index (χ4v) is 3.10. The smallest absolute Gasteiger partial charge is 0.239 e. The number of nitrogens with one attached hydrogen (secondary N) is 3. The van der Waals surface area contributed by atoms with Crippen LogP contribution in [0.3, 0.4) is 0 Å². The minimum Gasteiger partial charge on any atom is -0.361 e. The second kappa shape index (κ2) is 9.46. The van der Waals surface area contributed by atoms with Gasteiger partial charge in [0.2, 0.25) is 5.91 Å². The summed E-state index contributed by atoms with van der Waals surface area (Å²) in [4.78, 5) is 11.9. The summed E-state index contributed by atoms with van der Waals surface area (Å²) in [5, 5.41) is 3.24. The molecule has 6 nitrogen and oxygen atoms in total. The molecule has 0 saturated heterocycles. The van der Waals surface area contributed by atoms with Gasteiger partial charge >= 0.3 is 0 Å². The SMILES string of the molecule is CCCCNC(=S)NNC(=O)CCS(=O)(=O)c1ccc(C)cc1. The van der Waals surface area contributed by atoms with Crippen molar-refractivity contribution in [3.63, 3.8) is 0 Å².